The average Bonchev–Trinajstić information content (AvgIpc) is 3.02. The molecule has 2 fully saturated rings. The summed E-state index contributed by atoms with van der Waals surface area (Å²) in [5.74, 6) is 0.684. The summed E-state index contributed by atoms with van der Waals surface area (Å²) in [4.78, 5) is 0.0114. The van der Waals surface area contributed by atoms with Crippen molar-refractivity contribution in [2.75, 3.05) is 19.6 Å². The summed E-state index contributed by atoms with van der Waals surface area (Å²) < 4.78 is 27.3. The number of nitriles is 1. The van der Waals surface area contributed by atoms with Gasteiger partial charge in [0.05, 0.1) is 5.56 Å². The van der Waals surface area contributed by atoms with Crippen LogP contribution in [0.1, 0.15) is 12.5 Å². The van der Waals surface area contributed by atoms with Crippen LogP contribution in [0.15, 0.2) is 23.1 Å². The van der Waals surface area contributed by atoms with Crippen LogP contribution in [0.3, 0.4) is 0 Å². The molecule has 21 heavy (non-hydrogen) atoms. The van der Waals surface area contributed by atoms with Gasteiger partial charge in [-0.1, -0.05) is 11.6 Å². The minimum atomic E-state index is -3.70. The van der Waals surface area contributed by atoms with Crippen LogP contribution in [0.4, 0.5) is 0 Å². The zero-order valence-electron chi connectivity index (χ0n) is 11.6. The van der Waals surface area contributed by atoms with Gasteiger partial charge < -0.3 is 5.32 Å². The van der Waals surface area contributed by atoms with Crippen LogP contribution in [0.25, 0.3) is 0 Å². The molecule has 0 saturated carbocycles. The molecule has 0 bridgehead atoms. The molecule has 0 aromatic heterocycles. The molecule has 2 heterocycles. The molecule has 3 unspecified atom stereocenters. The van der Waals surface area contributed by atoms with Crippen molar-refractivity contribution >= 4 is 21.6 Å². The van der Waals surface area contributed by atoms with Crippen LogP contribution in [0, 0.1) is 23.2 Å². The van der Waals surface area contributed by atoms with E-state index >= 15 is 0 Å². The molecule has 2 saturated heterocycles. The highest BCUT2D eigenvalue weighted by atomic mass is 35.5. The lowest BCUT2D eigenvalue weighted by Gasteiger charge is -2.24. The van der Waals surface area contributed by atoms with Gasteiger partial charge >= 0.3 is 0 Å². The minimum Gasteiger partial charge on any atom is -0.316 e. The Morgan fingerprint density at radius 1 is 1.43 bits per heavy atom. The van der Waals surface area contributed by atoms with Crippen LogP contribution < -0.4 is 5.32 Å². The second-order valence-corrected chi connectivity index (χ2v) is 7.95. The highest BCUT2D eigenvalue weighted by Crippen LogP contribution is 2.37. The summed E-state index contributed by atoms with van der Waals surface area (Å²) in [6.07, 6.45) is 0. The van der Waals surface area contributed by atoms with Crippen LogP contribution in [0.5, 0.6) is 0 Å². The Bertz CT molecular complexity index is 713. The van der Waals surface area contributed by atoms with Gasteiger partial charge in [0.25, 0.3) is 0 Å². The maximum Gasteiger partial charge on any atom is 0.244 e. The Morgan fingerprint density at radius 3 is 2.86 bits per heavy atom. The molecule has 0 amide bonds. The van der Waals surface area contributed by atoms with E-state index in [1.807, 2.05) is 13.0 Å². The maximum atomic E-state index is 12.9. The van der Waals surface area contributed by atoms with Crippen LogP contribution in [-0.4, -0.2) is 38.4 Å². The number of rotatable bonds is 2. The fraction of sp³-hybridized carbons (Fsp3) is 0.500. The van der Waals surface area contributed by atoms with Gasteiger partial charge in [0.1, 0.15) is 11.0 Å². The average molecular weight is 326 g/mol. The molecular formula is C14H16ClN3O2S. The molecule has 2 aliphatic heterocycles. The SMILES string of the molecule is CC1C2CNCC2CN1S(=O)(=O)c1cc(Cl)ccc1C#N. The third-order valence-corrected chi connectivity index (χ3v) is 6.76. The number of fused-ring (bicyclic) bond motifs is 1. The van der Waals surface area contributed by atoms with Crippen molar-refractivity contribution in [3.05, 3.63) is 28.8 Å². The molecule has 0 spiro atoms. The fourth-order valence-corrected chi connectivity index (χ4v) is 5.51. The number of nitrogens with zero attached hydrogens (tertiary/aromatic N) is 2. The summed E-state index contributed by atoms with van der Waals surface area (Å²) in [5, 5.41) is 12.8. The molecule has 3 rings (SSSR count). The first-order chi connectivity index (χ1) is 9.95. The highest BCUT2D eigenvalue weighted by Gasteiger charge is 2.47. The number of hydrogen-bond donors (Lipinski definition) is 1. The van der Waals surface area contributed by atoms with Crippen molar-refractivity contribution in [2.45, 2.75) is 17.9 Å². The van der Waals surface area contributed by atoms with Gasteiger partial charge in [0.2, 0.25) is 10.0 Å². The van der Waals surface area contributed by atoms with Gasteiger partial charge in [0.15, 0.2) is 0 Å². The van der Waals surface area contributed by atoms with Gasteiger partial charge in [-0.3, -0.25) is 0 Å². The first kappa shape index (κ1) is 14.8. The molecule has 0 aliphatic carbocycles. The predicted octanol–water partition coefficient (Wildman–Crippen LogP) is 1.44. The molecule has 1 aromatic rings. The van der Waals surface area contributed by atoms with Gasteiger partial charge in [-0.2, -0.15) is 9.57 Å². The maximum absolute atomic E-state index is 12.9. The van der Waals surface area contributed by atoms with Crippen molar-refractivity contribution < 1.29 is 8.42 Å². The van der Waals surface area contributed by atoms with Crippen molar-refractivity contribution in [1.29, 1.82) is 5.26 Å². The highest BCUT2D eigenvalue weighted by molar-refractivity contribution is 7.89. The van der Waals surface area contributed by atoms with Crippen molar-refractivity contribution in [1.82, 2.24) is 9.62 Å². The standard InChI is InChI=1S/C14H16ClN3O2S/c1-9-13-7-17-6-11(13)8-18(9)21(19,20)14-4-12(15)3-2-10(14)5-16/h2-4,9,11,13,17H,6-8H2,1H3. The van der Waals surface area contributed by atoms with Crippen LogP contribution >= 0.6 is 11.6 Å². The smallest absolute Gasteiger partial charge is 0.244 e. The minimum absolute atomic E-state index is 0.0114. The lowest BCUT2D eigenvalue weighted by molar-refractivity contribution is 0.360. The van der Waals surface area contributed by atoms with Crippen molar-refractivity contribution in [3.8, 4) is 6.07 Å². The lowest BCUT2D eigenvalue weighted by Crippen LogP contribution is -2.38. The number of benzene rings is 1. The molecule has 112 valence electrons. The normalized spacial score (nSPS) is 29.3. The second-order valence-electron chi connectivity index (χ2n) is 5.65. The van der Waals surface area contributed by atoms with E-state index < -0.39 is 10.0 Å². The van der Waals surface area contributed by atoms with Gasteiger partial charge in [-0.25, -0.2) is 8.42 Å². The molecule has 0 radical (unpaired) electrons. The van der Waals surface area contributed by atoms with E-state index in [2.05, 4.69) is 5.32 Å². The molecule has 1 aromatic carbocycles. The number of hydrogen-bond acceptors (Lipinski definition) is 4. The Kier molecular flexibility index (Phi) is 3.70. The molecular weight excluding hydrogens is 310 g/mol. The van der Waals surface area contributed by atoms with Crippen LogP contribution in [0.2, 0.25) is 5.02 Å². The molecule has 2 aliphatic rings. The van der Waals surface area contributed by atoms with E-state index in [9.17, 15) is 8.42 Å². The largest absolute Gasteiger partial charge is 0.316 e. The predicted molar refractivity (Wildman–Crippen MR) is 79.4 cm³/mol. The van der Waals surface area contributed by atoms with Crippen molar-refractivity contribution in [2.24, 2.45) is 11.8 Å². The topological polar surface area (TPSA) is 73.2 Å². The lowest BCUT2D eigenvalue weighted by atomic mass is 9.95. The summed E-state index contributed by atoms with van der Waals surface area (Å²) in [7, 11) is -3.70. The van der Waals surface area contributed by atoms with Gasteiger partial charge in [-0.05, 0) is 50.0 Å². The Hall–Kier alpha value is -1.13. The van der Waals surface area contributed by atoms with E-state index in [1.165, 1.54) is 22.5 Å². The summed E-state index contributed by atoms with van der Waals surface area (Å²) in [6, 6.07) is 6.23. The Balaban J connectivity index is 2.02. The first-order valence-electron chi connectivity index (χ1n) is 6.87. The van der Waals surface area contributed by atoms with E-state index in [0.29, 0.717) is 23.4 Å². The van der Waals surface area contributed by atoms with E-state index in [4.69, 9.17) is 16.9 Å². The summed E-state index contributed by atoms with van der Waals surface area (Å²) in [5.41, 5.74) is 0.141. The summed E-state index contributed by atoms with van der Waals surface area (Å²) in [6.45, 7) is 4.13. The van der Waals surface area contributed by atoms with E-state index in [-0.39, 0.29) is 16.5 Å². The molecule has 7 heteroatoms. The number of halogens is 1. The van der Waals surface area contributed by atoms with E-state index in [0.717, 1.165) is 13.1 Å². The zero-order valence-corrected chi connectivity index (χ0v) is 13.2. The molecule has 3 atom stereocenters. The monoisotopic (exact) mass is 325 g/mol. The first-order valence-corrected chi connectivity index (χ1v) is 8.69. The third-order valence-electron chi connectivity index (χ3n) is 4.53. The van der Waals surface area contributed by atoms with Crippen LogP contribution in [-0.2, 0) is 10.0 Å². The quantitative estimate of drug-likeness (QED) is 0.893. The van der Waals surface area contributed by atoms with Gasteiger partial charge in [-0.15, -0.1) is 0 Å². The zero-order chi connectivity index (χ0) is 15.2. The Labute approximate surface area is 129 Å². The second kappa shape index (κ2) is 5.25. The Morgan fingerprint density at radius 2 is 2.19 bits per heavy atom. The molecule has 1 N–H and O–H groups in total. The van der Waals surface area contributed by atoms with E-state index in [1.54, 1.807) is 0 Å². The number of sulfonamides is 1. The fourth-order valence-electron chi connectivity index (χ4n) is 3.37. The number of nitrogens with one attached hydrogen (secondary N) is 1. The van der Waals surface area contributed by atoms with Gasteiger partial charge in [0, 0.05) is 17.6 Å². The van der Waals surface area contributed by atoms with Crippen molar-refractivity contribution in [3.63, 3.8) is 0 Å². The molecule has 5 nitrogen and oxygen atoms in total. The third kappa shape index (κ3) is 2.34. The summed E-state index contributed by atoms with van der Waals surface area (Å²) >= 11 is 5.92.